The van der Waals surface area contributed by atoms with Gasteiger partial charge in [0, 0.05) is 5.39 Å². The first-order valence-electron chi connectivity index (χ1n) is 7.48. The number of benzene rings is 1. The zero-order valence-electron chi connectivity index (χ0n) is 13.5. The Labute approximate surface area is 161 Å². The SMILES string of the molecule is CCOC(=O)Cn1c2nc(Br)ccc2c(=O)c2ccc(Cl)c(SC)c21. The van der Waals surface area contributed by atoms with Crippen LogP contribution in [0.3, 0.4) is 0 Å². The van der Waals surface area contributed by atoms with Crippen LogP contribution >= 0.6 is 39.3 Å². The number of esters is 1. The van der Waals surface area contributed by atoms with Crippen LogP contribution in [-0.4, -0.2) is 28.4 Å². The summed E-state index contributed by atoms with van der Waals surface area (Å²) in [6.07, 6.45) is 1.87. The van der Waals surface area contributed by atoms with E-state index >= 15 is 0 Å². The van der Waals surface area contributed by atoms with Gasteiger partial charge in [0.25, 0.3) is 0 Å². The number of halogens is 2. The lowest BCUT2D eigenvalue weighted by Crippen LogP contribution is -2.19. The zero-order valence-corrected chi connectivity index (χ0v) is 16.7. The Morgan fingerprint density at radius 2 is 2.04 bits per heavy atom. The van der Waals surface area contributed by atoms with Gasteiger partial charge in [0.15, 0.2) is 5.43 Å². The summed E-state index contributed by atoms with van der Waals surface area (Å²) in [7, 11) is 0. The minimum atomic E-state index is -0.400. The predicted octanol–water partition coefficient (Wildman–Crippen LogP) is 4.25. The number of rotatable bonds is 4. The van der Waals surface area contributed by atoms with Gasteiger partial charge >= 0.3 is 5.97 Å². The fourth-order valence-corrected chi connectivity index (χ4v) is 4.10. The first kappa shape index (κ1) is 18.2. The van der Waals surface area contributed by atoms with Crippen molar-refractivity contribution < 1.29 is 9.53 Å². The average Bonchev–Trinajstić information content (AvgIpc) is 2.58. The molecule has 0 spiro atoms. The first-order valence-corrected chi connectivity index (χ1v) is 9.88. The molecule has 0 aliphatic carbocycles. The molecule has 2 heterocycles. The number of hydrogen-bond acceptors (Lipinski definition) is 5. The Balaban J connectivity index is 2.49. The second-order valence-corrected chi connectivity index (χ2v) is 7.24. The second-order valence-electron chi connectivity index (χ2n) is 5.20. The molecule has 25 heavy (non-hydrogen) atoms. The van der Waals surface area contributed by atoms with Gasteiger partial charge in [-0.15, -0.1) is 11.8 Å². The van der Waals surface area contributed by atoms with Gasteiger partial charge in [-0.05, 0) is 53.4 Å². The summed E-state index contributed by atoms with van der Waals surface area (Å²) in [6.45, 7) is 1.97. The van der Waals surface area contributed by atoms with Crippen molar-refractivity contribution in [2.75, 3.05) is 12.9 Å². The van der Waals surface area contributed by atoms with Gasteiger partial charge in [-0.25, -0.2) is 4.98 Å². The fraction of sp³-hybridized carbons (Fsp3) is 0.235. The van der Waals surface area contributed by atoms with Crippen molar-refractivity contribution in [1.82, 2.24) is 9.55 Å². The summed E-state index contributed by atoms with van der Waals surface area (Å²) < 4.78 is 7.36. The molecule has 0 saturated heterocycles. The molecule has 0 unspecified atom stereocenters. The van der Waals surface area contributed by atoms with Gasteiger partial charge in [0.1, 0.15) is 16.8 Å². The van der Waals surface area contributed by atoms with Gasteiger partial charge in [0.05, 0.1) is 27.4 Å². The number of hydrogen-bond donors (Lipinski definition) is 0. The molecule has 1 aromatic carbocycles. The van der Waals surface area contributed by atoms with Crippen LogP contribution in [0.5, 0.6) is 0 Å². The molecule has 3 rings (SSSR count). The van der Waals surface area contributed by atoms with Crippen molar-refractivity contribution >= 4 is 67.2 Å². The highest BCUT2D eigenvalue weighted by molar-refractivity contribution is 9.10. The summed E-state index contributed by atoms with van der Waals surface area (Å²) >= 11 is 11.1. The lowest BCUT2D eigenvalue weighted by Gasteiger charge is -2.17. The molecule has 3 aromatic rings. The van der Waals surface area contributed by atoms with E-state index in [1.54, 1.807) is 35.8 Å². The van der Waals surface area contributed by atoms with Gasteiger partial charge in [-0.2, -0.15) is 0 Å². The van der Waals surface area contributed by atoms with Crippen molar-refractivity contribution in [3.63, 3.8) is 0 Å². The van der Waals surface area contributed by atoms with Crippen molar-refractivity contribution in [2.45, 2.75) is 18.4 Å². The molecule has 5 nitrogen and oxygen atoms in total. The fourth-order valence-electron chi connectivity index (χ4n) is 2.74. The van der Waals surface area contributed by atoms with Gasteiger partial charge in [-0.3, -0.25) is 9.59 Å². The van der Waals surface area contributed by atoms with E-state index in [0.29, 0.717) is 31.6 Å². The molecule has 0 saturated carbocycles. The molecule has 0 aliphatic rings. The van der Waals surface area contributed by atoms with Crippen LogP contribution in [0.4, 0.5) is 0 Å². The monoisotopic (exact) mass is 440 g/mol. The number of thioether (sulfide) groups is 1. The lowest BCUT2D eigenvalue weighted by molar-refractivity contribution is -0.143. The molecule has 2 aromatic heterocycles. The van der Waals surface area contributed by atoms with E-state index in [4.69, 9.17) is 16.3 Å². The highest BCUT2D eigenvalue weighted by Crippen LogP contribution is 2.34. The standard InChI is InChI=1S/C17H14BrClN2O3S/c1-3-24-13(22)8-21-14-9(4-6-11(19)16(14)25-2)15(23)10-5-7-12(18)20-17(10)21/h4-7H,3,8H2,1-2H3. The second kappa shape index (κ2) is 7.35. The minimum absolute atomic E-state index is 0.0571. The third-order valence-electron chi connectivity index (χ3n) is 3.74. The molecule has 130 valence electrons. The van der Waals surface area contributed by atoms with Gasteiger partial charge in [-0.1, -0.05) is 11.6 Å². The van der Waals surface area contributed by atoms with E-state index in [-0.39, 0.29) is 18.6 Å². The number of carbonyl (C=O) groups excluding carboxylic acids is 1. The van der Waals surface area contributed by atoms with E-state index in [1.165, 1.54) is 11.8 Å². The van der Waals surface area contributed by atoms with E-state index in [1.807, 2.05) is 6.26 Å². The molecule has 0 atom stereocenters. The molecule has 0 N–H and O–H groups in total. The number of nitrogens with zero attached hydrogens (tertiary/aromatic N) is 2. The number of pyridine rings is 2. The van der Waals surface area contributed by atoms with Crippen LogP contribution in [0.25, 0.3) is 21.9 Å². The highest BCUT2D eigenvalue weighted by atomic mass is 79.9. The van der Waals surface area contributed by atoms with Crippen LogP contribution < -0.4 is 5.43 Å². The molecule has 0 aliphatic heterocycles. The van der Waals surface area contributed by atoms with E-state index in [9.17, 15) is 9.59 Å². The van der Waals surface area contributed by atoms with Gasteiger partial charge < -0.3 is 9.30 Å². The van der Waals surface area contributed by atoms with Crippen molar-refractivity contribution in [3.05, 3.63) is 44.1 Å². The molecular weight excluding hydrogens is 428 g/mol. The van der Waals surface area contributed by atoms with Crippen molar-refractivity contribution in [3.8, 4) is 0 Å². The smallest absolute Gasteiger partial charge is 0.326 e. The molecule has 0 radical (unpaired) electrons. The highest BCUT2D eigenvalue weighted by Gasteiger charge is 2.19. The maximum absolute atomic E-state index is 12.9. The largest absolute Gasteiger partial charge is 0.465 e. The molecule has 0 bridgehead atoms. The molecule has 8 heteroatoms. The van der Waals surface area contributed by atoms with Crippen LogP contribution in [-0.2, 0) is 16.1 Å². The number of carbonyl (C=O) groups is 1. The first-order chi connectivity index (χ1) is 12.0. The van der Waals surface area contributed by atoms with Crippen LogP contribution in [0.1, 0.15) is 6.92 Å². The maximum atomic E-state index is 12.9. The molecule has 0 amide bonds. The normalized spacial score (nSPS) is 11.2. The molecular formula is C17H14BrClN2O3S. The third kappa shape index (κ3) is 3.28. The average molecular weight is 442 g/mol. The topological polar surface area (TPSA) is 61.2 Å². The Morgan fingerprint density at radius 1 is 1.32 bits per heavy atom. The van der Waals surface area contributed by atoms with Crippen LogP contribution in [0.2, 0.25) is 5.02 Å². The van der Waals surface area contributed by atoms with Gasteiger partial charge in [0.2, 0.25) is 0 Å². The van der Waals surface area contributed by atoms with Crippen LogP contribution in [0, 0.1) is 0 Å². The molecule has 0 fully saturated rings. The Kier molecular flexibility index (Phi) is 5.36. The van der Waals surface area contributed by atoms with Crippen molar-refractivity contribution in [2.24, 2.45) is 0 Å². The third-order valence-corrected chi connectivity index (χ3v) is 5.43. The zero-order chi connectivity index (χ0) is 18.1. The Hall–Kier alpha value is -1.57. The Morgan fingerprint density at radius 3 is 2.72 bits per heavy atom. The predicted molar refractivity (Wildman–Crippen MR) is 105 cm³/mol. The summed E-state index contributed by atoms with van der Waals surface area (Å²) in [5, 5.41) is 1.45. The van der Waals surface area contributed by atoms with E-state index < -0.39 is 5.97 Å². The number of ether oxygens (including phenoxy) is 1. The van der Waals surface area contributed by atoms with Crippen LogP contribution in [0.15, 0.2) is 38.6 Å². The number of fused-ring (bicyclic) bond motifs is 2. The van der Waals surface area contributed by atoms with E-state index in [2.05, 4.69) is 20.9 Å². The number of aromatic nitrogens is 2. The summed E-state index contributed by atoms with van der Waals surface area (Å²) in [5.41, 5.74) is 0.866. The van der Waals surface area contributed by atoms with Crippen molar-refractivity contribution in [1.29, 1.82) is 0 Å². The Bertz CT molecular complexity index is 1050. The quantitative estimate of drug-likeness (QED) is 0.262. The van der Waals surface area contributed by atoms with E-state index in [0.717, 1.165) is 4.90 Å². The minimum Gasteiger partial charge on any atom is -0.465 e. The lowest BCUT2D eigenvalue weighted by atomic mass is 10.1. The summed E-state index contributed by atoms with van der Waals surface area (Å²) in [4.78, 5) is 30.2. The summed E-state index contributed by atoms with van der Waals surface area (Å²) in [5.74, 6) is -0.400. The summed E-state index contributed by atoms with van der Waals surface area (Å²) in [6, 6.07) is 6.78. The maximum Gasteiger partial charge on any atom is 0.326 e.